The van der Waals surface area contributed by atoms with Crippen LogP contribution in [0.15, 0.2) is 36.4 Å². The molecular weight excluding hydrogens is 373 g/mol. The Kier molecular flexibility index (Phi) is 5.78. The molecule has 0 aliphatic heterocycles. The van der Waals surface area contributed by atoms with Crippen LogP contribution in [0.25, 0.3) is 0 Å². The first-order valence-corrected chi connectivity index (χ1v) is 8.05. The van der Waals surface area contributed by atoms with Gasteiger partial charge in [-0.2, -0.15) is 13.2 Å². The average molecular weight is 386 g/mol. The van der Waals surface area contributed by atoms with E-state index in [9.17, 15) is 27.6 Å². The summed E-state index contributed by atoms with van der Waals surface area (Å²) in [5, 5.41) is 0.269. The van der Waals surface area contributed by atoms with E-state index < -0.39 is 28.7 Å². The van der Waals surface area contributed by atoms with Gasteiger partial charge in [-0.25, -0.2) is 10.9 Å². The van der Waals surface area contributed by atoms with E-state index in [1.54, 1.807) is 19.1 Å². The van der Waals surface area contributed by atoms with Crippen molar-refractivity contribution in [2.45, 2.75) is 13.1 Å². The molecule has 138 valence electrons. The molecule has 1 aromatic carbocycles. The van der Waals surface area contributed by atoms with Crippen LogP contribution < -0.4 is 10.6 Å². The zero-order valence-electron chi connectivity index (χ0n) is 13.4. The van der Waals surface area contributed by atoms with Gasteiger partial charge in [-0.15, -0.1) is 11.3 Å². The molecule has 6 nitrogen and oxygen atoms in total. The summed E-state index contributed by atoms with van der Waals surface area (Å²) in [4.78, 5) is 34.9. The number of alkyl halides is 3. The number of rotatable bonds is 5. The number of nitrogens with zero attached hydrogens (tertiary/aromatic N) is 1. The van der Waals surface area contributed by atoms with Crippen LogP contribution in [0.5, 0.6) is 5.75 Å². The number of halogens is 3. The van der Waals surface area contributed by atoms with Crippen molar-refractivity contribution in [1.29, 1.82) is 0 Å². The Balaban J connectivity index is 2.24. The monoisotopic (exact) mass is 386 g/mol. The summed E-state index contributed by atoms with van der Waals surface area (Å²) in [6.45, 7) is 1.98. The molecule has 0 unspecified atom stereocenters. The van der Waals surface area contributed by atoms with Crippen LogP contribution in [-0.4, -0.2) is 35.4 Å². The fraction of sp³-hybridized carbons (Fsp3) is 0.188. The number of para-hydroxylation sites is 1. The predicted octanol–water partition coefficient (Wildman–Crippen LogP) is 3.05. The van der Waals surface area contributed by atoms with Crippen molar-refractivity contribution in [1.82, 2.24) is 5.01 Å². The summed E-state index contributed by atoms with van der Waals surface area (Å²) in [6, 6.07) is 7.94. The number of benzene rings is 1. The number of amides is 2. The Morgan fingerprint density at radius 3 is 2.31 bits per heavy atom. The van der Waals surface area contributed by atoms with E-state index in [-0.39, 0.29) is 27.8 Å². The van der Waals surface area contributed by atoms with Crippen LogP contribution in [0.1, 0.15) is 36.6 Å². The molecule has 2 aromatic rings. The van der Waals surface area contributed by atoms with Gasteiger partial charge in [-0.3, -0.25) is 14.4 Å². The summed E-state index contributed by atoms with van der Waals surface area (Å²) < 4.78 is 42.6. The molecule has 2 amide bonds. The maximum Gasteiger partial charge on any atom is 0.455 e. The second-order valence-electron chi connectivity index (χ2n) is 4.90. The number of carbonyl (C=O) groups excluding carboxylic acids is 3. The third-order valence-corrected chi connectivity index (χ3v) is 4.22. The van der Waals surface area contributed by atoms with Crippen molar-refractivity contribution < 1.29 is 32.3 Å². The summed E-state index contributed by atoms with van der Waals surface area (Å²) >= 11 is 0.307. The van der Waals surface area contributed by atoms with E-state index >= 15 is 0 Å². The summed E-state index contributed by atoms with van der Waals surface area (Å²) in [7, 11) is 0. The molecule has 1 aromatic heterocycles. The van der Waals surface area contributed by atoms with Gasteiger partial charge in [-0.05, 0) is 31.2 Å². The van der Waals surface area contributed by atoms with E-state index in [0.717, 1.165) is 12.1 Å². The molecule has 1 heterocycles. The molecule has 0 fully saturated rings. The van der Waals surface area contributed by atoms with E-state index in [1.807, 2.05) is 0 Å². The fourth-order valence-corrected chi connectivity index (χ4v) is 2.88. The molecule has 0 aliphatic rings. The molecule has 0 aliphatic carbocycles. The fourth-order valence-electron chi connectivity index (χ4n) is 1.98. The molecule has 0 radical (unpaired) electrons. The highest BCUT2D eigenvalue weighted by atomic mass is 32.1. The lowest BCUT2D eigenvalue weighted by atomic mass is 10.2. The van der Waals surface area contributed by atoms with Gasteiger partial charge >= 0.3 is 6.18 Å². The Morgan fingerprint density at radius 2 is 1.69 bits per heavy atom. The summed E-state index contributed by atoms with van der Waals surface area (Å²) in [5.41, 5.74) is 0.0216. The van der Waals surface area contributed by atoms with E-state index in [1.165, 1.54) is 12.1 Å². The molecule has 0 spiro atoms. The number of ether oxygens (including phenoxy) is 1. The van der Waals surface area contributed by atoms with Gasteiger partial charge in [-0.1, -0.05) is 12.1 Å². The van der Waals surface area contributed by atoms with Crippen LogP contribution in [0, 0.1) is 0 Å². The first-order valence-electron chi connectivity index (χ1n) is 7.23. The smallest absolute Gasteiger partial charge is 0.455 e. The highest BCUT2D eigenvalue weighted by Gasteiger charge is 2.40. The highest BCUT2D eigenvalue weighted by molar-refractivity contribution is 7.16. The molecule has 2 N–H and O–H groups in total. The highest BCUT2D eigenvalue weighted by Crippen LogP contribution is 2.27. The van der Waals surface area contributed by atoms with Gasteiger partial charge in [0.2, 0.25) is 0 Å². The third-order valence-electron chi connectivity index (χ3n) is 3.15. The molecule has 26 heavy (non-hydrogen) atoms. The Labute approximate surface area is 149 Å². The van der Waals surface area contributed by atoms with Gasteiger partial charge in [0.1, 0.15) is 5.75 Å². The van der Waals surface area contributed by atoms with Crippen molar-refractivity contribution in [3.63, 3.8) is 0 Å². The molecule has 0 bridgehead atoms. The van der Waals surface area contributed by atoms with Crippen LogP contribution in [0.2, 0.25) is 0 Å². The average Bonchev–Trinajstić information content (AvgIpc) is 3.09. The third kappa shape index (κ3) is 4.09. The number of hydrogen-bond donors (Lipinski definition) is 1. The number of imide groups is 1. The lowest BCUT2D eigenvalue weighted by Gasteiger charge is -2.16. The molecule has 2 rings (SSSR count). The van der Waals surface area contributed by atoms with Crippen molar-refractivity contribution in [2.75, 3.05) is 6.61 Å². The maximum absolute atomic E-state index is 12.4. The second-order valence-corrected chi connectivity index (χ2v) is 5.98. The van der Waals surface area contributed by atoms with Crippen LogP contribution in [-0.2, 0) is 0 Å². The number of Topliss-reactive ketones (excluding diaryl/α,β-unsaturated/α-hetero) is 1. The van der Waals surface area contributed by atoms with Gasteiger partial charge < -0.3 is 4.74 Å². The van der Waals surface area contributed by atoms with E-state index in [2.05, 4.69) is 0 Å². The Bertz CT molecular complexity index is 848. The first-order chi connectivity index (χ1) is 12.2. The predicted molar refractivity (Wildman–Crippen MR) is 87.0 cm³/mol. The normalized spacial score (nSPS) is 11.1. The molecule has 0 saturated heterocycles. The number of thiophene rings is 1. The molecule has 10 heteroatoms. The minimum absolute atomic E-state index is 0.0216. The lowest BCUT2D eigenvalue weighted by Crippen LogP contribution is -2.42. The zero-order valence-corrected chi connectivity index (χ0v) is 14.2. The quantitative estimate of drug-likeness (QED) is 0.280. The summed E-state index contributed by atoms with van der Waals surface area (Å²) in [5.74, 6) is 1.75. The standard InChI is InChI=1S/C16H13F3N2O4S/c1-2-25-10-6-4-3-5-9(10)14(23)21(20)15(24)12-8-7-11(26-12)13(22)16(17,18)19/h3-8H,2,20H2,1H3. The molecular formula is C16H13F3N2O4S. The molecule has 0 atom stereocenters. The maximum atomic E-state index is 12.4. The number of carbonyl (C=O) groups is 3. The molecule has 0 saturated carbocycles. The number of hydrogen-bond acceptors (Lipinski definition) is 6. The number of hydrazine groups is 1. The largest absolute Gasteiger partial charge is 0.493 e. The lowest BCUT2D eigenvalue weighted by molar-refractivity contribution is -0.0882. The number of nitrogens with two attached hydrogens (primary N) is 1. The first kappa shape index (κ1) is 19.6. The van der Waals surface area contributed by atoms with E-state index in [0.29, 0.717) is 11.3 Å². The van der Waals surface area contributed by atoms with Gasteiger partial charge in [0.05, 0.1) is 21.9 Å². The second kappa shape index (κ2) is 7.67. The van der Waals surface area contributed by atoms with Gasteiger partial charge in [0, 0.05) is 0 Å². The van der Waals surface area contributed by atoms with Crippen molar-refractivity contribution in [3.05, 3.63) is 51.7 Å². The van der Waals surface area contributed by atoms with Crippen LogP contribution >= 0.6 is 11.3 Å². The number of ketones is 1. The minimum Gasteiger partial charge on any atom is -0.493 e. The topological polar surface area (TPSA) is 89.7 Å². The van der Waals surface area contributed by atoms with Crippen molar-refractivity contribution in [2.24, 2.45) is 5.84 Å². The van der Waals surface area contributed by atoms with Crippen molar-refractivity contribution in [3.8, 4) is 5.75 Å². The van der Waals surface area contributed by atoms with Gasteiger partial charge in [0.25, 0.3) is 17.6 Å². The van der Waals surface area contributed by atoms with Crippen LogP contribution in [0.3, 0.4) is 0 Å². The summed E-state index contributed by atoms with van der Waals surface area (Å²) in [6.07, 6.45) is -5.06. The van der Waals surface area contributed by atoms with E-state index in [4.69, 9.17) is 10.6 Å². The van der Waals surface area contributed by atoms with Gasteiger partial charge in [0.15, 0.2) is 0 Å². The SMILES string of the molecule is CCOc1ccccc1C(=O)N(N)C(=O)c1ccc(C(=O)C(F)(F)F)s1. The Hall–Kier alpha value is -2.72. The van der Waals surface area contributed by atoms with Crippen molar-refractivity contribution >= 4 is 28.9 Å². The zero-order chi connectivity index (χ0) is 19.5. The van der Waals surface area contributed by atoms with Crippen LogP contribution in [0.4, 0.5) is 13.2 Å². The Morgan fingerprint density at radius 1 is 1.08 bits per heavy atom. The minimum atomic E-state index is -5.06.